The molecule has 1 unspecified atom stereocenters. The van der Waals surface area contributed by atoms with Crippen LogP contribution in [0.4, 0.5) is 4.39 Å². The van der Waals surface area contributed by atoms with E-state index in [0.717, 1.165) is 11.1 Å². The molecule has 0 aromatic heterocycles. The van der Waals surface area contributed by atoms with Gasteiger partial charge in [-0.1, -0.05) is 57.2 Å². The van der Waals surface area contributed by atoms with Crippen LogP contribution in [0.2, 0.25) is 0 Å². The number of aliphatic hydroxyl groups is 1. The quantitative estimate of drug-likeness (QED) is 0.878. The average Bonchev–Trinajstić information content (AvgIpc) is 2.40. The van der Waals surface area contributed by atoms with Crippen LogP contribution in [0.25, 0.3) is 0 Å². The fourth-order valence-corrected chi connectivity index (χ4v) is 2.17. The lowest BCUT2D eigenvalue weighted by atomic mass is 9.86. The number of rotatable bonds is 3. The summed E-state index contributed by atoms with van der Waals surface area (Å²) < 4.78 is 12.8. The first kappa shape index (κ1) is 14.7. The van der Waals surface area contributed by atoms with E-state index in [4.69, 9.17) is 0 Å². The van der Waals surface area contributed by atoms with Crippen LogP contribution in [-0.2, 0) is 11.8 Å². The van der Waals surface area contributed by atoms with Crippen molar-refractivity contribution in [3.8, 4) is 0 Å². The Kier molecular flexibility index (Phi) is 4.24. The third-order valence-corrected chi connectivity index (χ3v) is 3.50. The molecule has 0 spiro atoms. The number of halogens is 1. The molecule has 1 atom stereocenters. The summed E-state index contributed by atoms with van der Waals surface area (Å²) in [6, 6.07) is 14.3. The van der Waals surface area contributed by atoms with Crippen molar-refractivity contribution in [3.05, 3.63) is 71.0 Å². The minimum Gasteiger partial charge on any atom is -0.388 e. The molecular formula is C18H21FO. The molecule has 0 saturated heterocycles. The maximum atomic E-state index is 12.8. The molecule has 0 bridgehead atoms. The molecule has 20 heavy (non-hydrogen) atoms. The standard InChI is InChI=1S/C18H21FO/c1-18(2,3)15-8-6-14(7-9-15)17(20)12-13-4-10-16(19)11-5-13/h4-11,17,20H,12H2,1-3H3. The van der Waals surface area contributed by atoms with Gasteiger partial charge in [-0.25, -0.2) is 4.39 Å². The lowest BCUT2D eigenvalue weighted by molar-refractivity contribution is 0.178. The van der Waals surface area contributed by atoms with Gasteiger partial charge in [-0.05, 0) is 34.2 Å². The molecule has 2 heteroatoms. The van der Waals surface area contributed by atoms with Gasteiger partial charge in [0.1, 0.15) is 5.82 Å². The molecule has 0 saturated carbocycles. The van der Waals surface area contributed by atoms with Gasteiger partial charge in [0.15, 0.2) is 0 Å². The van der Waals surface area contributed by atoms with Crippen LogP contribution in [0.15, 0.2) is 48.5 Å². The number of benzene rings is 2. The van der Waals surface area contributed by atoms with E-state index < -0.39 is 6.10 Å². The second kappa shape index (κ2) is 5.76. The molecule has 1 nitrogen and oxygen atoms in total. The first-order valence-electron chi connectivity index (χ1n) is 6.89. The number of hydrogen-bond acceptors (Lipinski definition) is 1. The van der Waals surface area contributed by atoms with E-state index in [1.165, 1.54) is 17.7 Å². The summed E-state index contributed by atoms with van der Waals surface area (Å²) in [6.07, 6.45) is -0.0655. The summed E-state index contributed by atoms with van der Waals surface area (Å²) in [5, 5.41) is 10.2. The van der Waals surface area contributed by atoms with Gasteiger partial charge in [-0.15, -0.1) is 0 Å². The Morgan fingerprint density at radius 2 is 1.50 bits per heavy atom. The van der Waals surface area contributed by atoms with Crippen LogP contribution in [0, 0.1) is 5.82 Å². The largest absolute Gasteiger partial charge is 0.388 e. The number of hydrogen-bond donors (Lipinski definition) is 1. The lowest BCUT2D eigenvalue weighted by Gasteiger charge is -2.20. The van der Waals surface area contributed by atoms with Gasteiger partial charge in [0.25, 0.3) is 0 Å². The molecular weight excluding hydrogens is 251 g/mol. The molecule has 0 amide bonds. The lowest BCUT2D eigenvalue weighted by Crippen LogP contribution is -2.11. The van der Waals surface area contributed by atoms with Crippen LogP contribution in [-0.4, -0.2) is 5.11 Å². The zero-order chi connectivity index (χ0) is 14.8. The van der Waals surface area contributed by atoms with E-state index in [1.807, 2.05) is 12.1 Å². The molecule has 2 aromatic carbocycles. The van der Waals surface area contributed by atoms with E-state index in [1.54, 1.807) is 12.1 Å². The van der Waals surface area contributed by atoms with Crippen molar-refractivity contribution in [3.63, 3.8) is 0 Å². The summed E-state index contributed by atoms with van der Waals surface area (Å²) >= 11 is 0. The Bertz CT molecular complexity index is 549. The van der Waals surface area contributed by atoms with Crippen LogP contribution in [0.3, 0.4) is 0 Å². The van der Waals surface area contributed by atoms with E-state index >= 15 is 0 Å². The number of aliphatic hydroxyl groups excluding tert-OH is 1. The van der Waals surface area contributed by atoms with Gasteiger partial charge in [-0.3, -0.25) is 0 Å². The molecule has 2 aromatic rings. The van der Waals surface area contributed by atoms with Crippen molar-refractivity contribution in [2.45, 2.75) is 38.7 Å². The van der Waals surface area contributed by atoms with Crippen molar-refractivity contribution in [1.29, 1.82) is 0 Å². The highest BCUT2D eigenvalue weighted by Crippen LogP contribution is 2.25. The van der Waals surface area contributed by atoms with Crippen molar-refractivity contribution in [2.75, 3.05) is 0 Å². The summed E-state index contributed by atoms with van der Waals surface area (Å²) in [4.78, 5) is 0. The molecule has 0 fully saturated rings. The monoisotopic (exact) mass is 272 g/mol. The first-order chi connectivity index (χ1) is 9.36. The van der Waals surface area contributed by atoms with Gasteiger partial charge in [-0.2, -0.15) is 0 Å². The first-order valence-corrected chi connectivity index (χ1v) is 6.89. The van der Waals surface area contributed by atoms with Gasteiger partial charge >= 0.3 is 0 Å². The molecule has 0 heterocycles. The fraction of sp³-hybridized carbons (Fsp3) is 0.333. The molecule has 2 rings (SSSR count). The van der Waals surface area contributed by atoms with Crippen LogP contribution in [0.1, 0.15) is 43.6 Å². The average molecular weight is 272 g/mol. The zero-order valence-electron chi connectivity index (χ0n) is 12.2. The van der Waals surface area contributed by atoms with Crippen molar-refractivity contribution >= 4 is 0 Å². The molecule has 0 aliphatic heterocycles. The Morgan fingerprint density at radius 1 is 0.950 bits per heavy atom. The third kappa shape index (κ3) is 3.67. The Morgan fingerprint density at radius 3 is 2.00 bits per heavy atom. The van der Waals surface area contributed by atoms with Crippen LogP contribution >= 0.6 is 0 Å². The summed E-state index contributed by atoms with van der Waals surface area (Å²) in [6.45, 7) is 6.49. The molecule has 0 aliphatic carbocycles. The van der Waals surface area contributed by atoms with E-state index in [2.05, 4.69) is 32.9 Å². The molecule has 106 valence electrons. The summed E-state index contributed by atoms with van der Waals surface area (Å²) in [7, 11) is 0. The van der Waals surface area contributed by atoms with Gasteiger partial charge in [0, 0.05) is 6.42 Å². The van der Waals surface area contributed by atoms with Gasteiger partial charge < -0.3 is 5.11 Å². The Labute approximate surface area is 120 Å². The maximum Gasteiger partial charge on any atom is 0.123 e. The predicted molar refractivity (Wildman–Crippen MR) is 80.2 cm³/mol. The van der Waals surface area contributed by atoms with E-state index in [0.29, 0.717) is 6.42 Å². The Hall–Kier alpha value is -1.67. The van der Waals surface area contributed by atoms with Crippen molar-refractivity contribution in [1.82, 2.24) is 0 Å². The normalized spacial score (nSPS) is 13.2. The molecule has 1 N–H and O–H groups in total. The minimum atomic E-state index is -0.561. The molecule has 0 aliphatic rings. The van der Waals surface area contributed by atoms with Crippen LogP contribution in [0.5, 0.6) is 0 Å². The minimum absolute atomic E-state index is 0.112. The van der Waals surface area contributed by atoms with E-state index in [9.17, 15) is 9.50 Å². The SMILES string of the molecule is CC(C)(C)c1ccc(C(O)Cc2ccc(F)cc2)cc1. The predicted octanol–water partition coefficient (Wildman–Crippen LogP) is 4.40. The van der Waals surface area contributed by atoms with E-state index in [-0.39, 0.29) is 11.2 Å². The highest BCUT2D eigenvalue weighted by molar-refractivity contribution is 5.29. The van der Waals surface area contributed by atoms with Crippen molar-refractivity contribution in [2.24, 2.45) is 0 Å². The summed E-state index contributed by atoms with van der Waals surface area (Å²) in [5.41, 5.74) is 3.18. The summed E-state index contributed by atoms with van der Waals surface area (Å²) in [5.74, 6) is -0.252. The highest BCUT2D eigenvalue weighted by Gasteiger charge is 2.14. The van der Waals surface area contributed by atoms with Crippen LogP contribution < -0.4 is 0 Å². The third-order valence-electron chi connectivity index (χ3n) is 3.50. The second-order valence-corrected chi connectivity index (χ2v) is 6.22. The Balaban J connectivity index is 2.09. The fourth-order valence-electron chi connectivity index (χ4n) is 2.17. The van der Waals surface area contributed by atoms with Gasteiger partial charge in [0.05, 0.1) is 6.10 Å². The maximum absolute atomic E-state index is 12.8. The smallest absolute Gasteiger partial charge is 0.123 e. The highest BCUT2D eigenvalue weighted by atomic mass is 19.1. The van der Waals surface area contributed by atoms with Crippen molar-refractivity contribution < 1.29 is 9.50 Å². The second-order valence-electron chi connectivity index (χ2n) is 6.22. The topological polar surface area (TPSA) is 20.2 Å². The zero-order valence-corrected chi connectivity index (χ0v) is 12.2. The molecule has 0 radical (unpaired) electrons. The van der Waals surface area contributed by atoms with Gasteiger partial charge in [0.2, 0.25) is 0 Å².